The molecule has 1 aromatic heterocycles. The van der Waals surface area contributed by atoms with Crippen molar-refractivity contribution in [2.24, 2.45) is 11.8 Å². The number of halogens is 1. The third-order valence-corrected chi connectivity index (χ3v) is 5.94. The SMILES string of the molecule is O=C(Cn1c(=O)oc2ccccc21)N1C[C@@H]2CNC[C@@H]2[C@H]1c1cccc(F)c1. The quantitative estimate of drug-likeness (QED) is 0.755. The molecule has 0 aliphatic carbocycles. The molecule has 1 amide bonds. The smallest absolute Gasteiger partial charge is 0.408 e. The summed E-state index contributed by atoms with van der Waals surface area (Å²) in [6, 6.07) is 13.3. The average Bonchev–Trinajstić information content (AvgIpc) is 3.35. The molecule has 6 nitrogen and oxygen atoms in total. The first-order chi connectivity index (χ1) is 13.6. The number of likely N-dealkylation sites (tertiary alicyclic amines) is 1. The van der Waals surface area contributed by atoms with E-state index in [1.807, 2.05) is 6.07 Å². The van der Waals surface area contributed by atoms with E-state index in [1.165, 1.54) is 16.7 Å². The molecule has 2 aromatic carbocycles. The molecular weight excluding hydrogens is 361 g/mol. The summed E-state index contributed by atoms with van der Waals surface area (Å²) < 4.78 is 20.5. The van der Waals surface area contributed by atoms with Crippen LogP contribution in [0.3, 0.4) is 0 Å². The molecule has 0 bridgehead atoms. The van der Waals surface area contributed by atoms with Crippen molar-refractivity contribution in [3.63, 3.8) is 0 Å². The van der Waals surface area contributed by atoms with Gasteiger partial charge in [0.2, 0.25) is 5.91 Å². The molecule has 3 heterocycles. The highest BCUT2D eigenvalue weighted by Crippen LogP contribution is 2.42. The first kappa shape index (κ1) is 17.2. The van der Waals surface area contributed by atoms with Gasteiger partial charge in [0.25, 0.3) is 0 Å². The van der Waals surface area contributed by atoms with Crippen LogP contribution in [-0.2, 0) is 11.3 Å². The maximum absolute atomic E-state index is 13.8. The zero-order valence-corrected chi connectivity index (χ0v) is 15.2. The minimum Gasteiger partial charge on any atom is -0.408 e. The fraction of sp³-hybridized carbons (Fsp3) is 0.333. The van der Waals surface area contributed by atoms with Gasteiger partial charge in [-0.3, -0.25) is 9.36 Å². The molecule has 3 aromatic rings. The molecule has 1 N–H and O–H groups in total. The van der Waals surface area contributed by atoms with E-state index >= 15 is 0 Å². The van der Waals surface area contributed by atoms with E-state index in [0.29, 0.717) is 23.6 Å². The summed E-state index contributed by atoms with van der Waals surface area (Å²) in [6.45, 7) is 2.15. The fourth-order valence-corrected chi connectivity index (χ4v) is 4.68. The summed E-state index contributed by atoms with van der Waals surface area (Å²) in [7, 11) is 0. The lowest BCUT2D eigenvalue weighted by Crippen LogP contribution is -2.38. The first-order valence-corrected chi connectivity index (χ1v) is 9.46. The largest absolute Gasteiger partial charge is 0.420 e. The molecule has 0 saturated carbocycles. The molecule has 3 atom stereocenters. The highest BCUT2D eigenvalue weighted by atomic mass is 19.1. The van der Waals surface area contributed by atoms with Crippen molar-refractivity contribution in [2.45, 2.75) is 12.6 Å². The Kier molecular flexibility index (Phi) is 4.05. The highest BCUT2D eigenvalue weighted by molar-refractivity contribution is 5.80. The van der Waals surface area contributed by atoms with Crippen LogP contribution >= 0.6 is 0 Å². The number of hydrogen-bond donors (Lipinski definition) is 1. The number of para-hydroxylation sites is 2. The monoisotopic (exact) mass is 381 g/mol. The molecule has 28 heavy (non-hydrogen) atoms. The van der Waals surface area contributed by atoms with Gasteiger partial charge in [-0.2, -0.15) is 0 Å². The van der Waals surface area contributed by atoms with Crippen LogP contribution < -0.4 is 11.1 Å². The molecule has 2 aliphatic heterocycles. The number of oxazole rings is 1. The number of fused-ring (bicyclic) bond motifs is 2. The van der Waals surface area contributed by atoms with E-state index in [0.717, 1.165) is 18.7 Å². The summed E-state index contributed by atoms with van der Waals surface area (Å²) in [5.41, 5.74) is 1.86. The number of amides is 1. The number of hydrogen-bond acceptors (Lipinski definition) is 4. The van der Waals surface area contributed by atoms with E-state index < -0.39 is 5.76 Å². The van der Waals surface area contributed by atoms with Crippen molar-refractivity contribution in [2.75, 3.05) is 19.6 Å². The van der Waals surface area contributed by atoms with Crippen LogP contribution in [0.5, 0.6) is 0 Å². The molecule has 0 spiro atoms. The van der Waals surface area contributed by atoms with Gasteiger partial charge in [0.1, 0.15) is 12.4 Å². The van der Waals surface area contributed by atoms with Gasteiger partial charge in [0.15, 0.2) is 5.58 Å². The average molecular weight is 381 g/mol. The van der Waals surface area contributed by atoms with Crippen LogP contribution in [0.25, 0.3) is 11.1 Å². The van der Waals surface area contributed by atoms with E-state index in [2.05, 4.69) is 5.32 Å². The predicted octanol–water partition coefficient (Wildman–Crippen LogP) is 2.15. The second-order valence-electron chi connectivity index (χ2n) is 7.55. The Morgan fingerprint density at radius 1 is 1.18 bits per heavy atom. The summed E-state index contributed by atoms with van der Waals surface area (Å²) in [5.74, 6) is -0.440. The number of nitrogens with one attached hydrogen (secondary N) is 1. The first-order valence-electron chi connectivity index (χ1n) is 9.46. The standard InChI is InChI=1S/C21H20FN3O3/c22-15-5-3-4-13(8-15)20-16-10-23-9-14(16)11-25(20)19(26)12-24-17-6-1-2-7-18(17)28-21(24)27/h1-8,14,16,20,23H,9-12H2/t14-,16-,20+/m0/s1. The Balaban J connectivity index is 1.49. The van der Waals surface area contributed by atoms with Crippen LogP contribution in [0.15, 0.2) is 57.7 Å². The minimum atomic E-state index is -0.544. The highest BCUT2D eigenvalue weighted by Gasteiger charge is 2.46. The molecule has 0 unspecified atom stereocenters. The number of carbonyl (C=O) groups is 1. The van der Waals surface area contributed by atoms with E-state index in [1.54, 1.807) is 35.2 Å². The Labute approximate surface area is 160 Å². The number of nitrogens with zero attached hydrogens (tertiary/aromatic N) is 2. The zero-order valence-electron chi connectivity index (χ0n) is 15.2. The lowest BCUT2D eigenvalue weighted by atomic mass is 9.89. The fourth-order valence-electron chi connectivity index (χ4n) is 4.68. The topological polar surface area (TPSA) is 67.5 Å². The van der Waals surface area contributed by atoms with Crippen molar-refractivity contribution in [1.82, 2.24) is 14.8 Å². The van der Waals surface area contributed by atoms with Gasteiger partial charge in [-0.25, -0.2) is 9.18 Å². The van der Waals surface area contributed by atoms with E-state index in [4.69, 9.17) is 4.42 Å². The Morgan fingerprint density at radius 2 is 2.04 bits per heavy atom. The van der Waals surface area contributed by atoms with Gasteiger partial charge >= 0.3 is 5.76 Å². The third-order valence-electron chi connectivity index (χ3n) is 5.94. The molecule has 2 fully saturated rings. The maximum atomic E-state index is 13.8. The zero-order chi connectivity index (χ0) is 19.3. The Morgan fingerprint density at radius 3 is 2.89 bits per heavy atom. The molecule has 0 radical (unpaired) electrons. The van der Waals surface area contributed by atoms with Crippen molar-refractivity contribution in [1.29, 1.82) is 0 Å². The summed E-state index contributed by atoms with van der Waals surface area (Å²) in [4.78, 5) is 27.3. The van der Waals surface area contributed by atoms with Gasteiger partial charge in [0.05, 0.1) is 11.6 Å². The second-order valence-corrected chi connectivity index (χ2v) is 7.55. The van der Waals surface area contributed by atoms with Crippen molar-refractivity contribution in [3.8, 4) is 0 Å². The normalized spacial score (nSPS) is 24.0. The van der Waals surface area contributed by atoms with E-state index in [9.17, 15) is 14.0 Å². The number of benzene rings is 2. The lowest BCUT2D eigenvalue weighted by molar-refractivity contribution is -0.133. The van der Waals surface area contributed by atoms with Gasteiger partial charge in [0, 0.05) is 25.6 Å². The van der Waals surface area contributed by atoms with Gasteiger partial charge in [-0.15, -0.1) is 0 Å². The maximum Gasteiger partial charge on any atom is 0.420 e. The van der Waals surface area contributed by atoms with Crippen molar-refractivity contribution >= 4 is 17.0 Å². The molecule has 2 saturated heterocycles. The third kappa shape index (κ3) is 2.74. The van der Waals surface area contributed by atoms with E-state index in [-0.39, 0.29) is 30.2 Å². The summed E-state index contributed by atoms with van der Waals surface area (Å²) in [6.07, 6.45) is 0. The summed E-state index contributed by atoms with van der Waals surface area (Å²) in [5, 5.41) is 3.38. The van der Waals surface area contributed by atoms with Crippen LogP contribution in [0.1, 0.15) is 11.6 Å². The molecule has 144 valence electrons. The molecule has 5 rings (SSSR count). The van der Waals surface area contributed by atoms with Gasteiger partial charge in [-0.1, -0.05) is 24.3 Å². The van der Waals surface area contributed by atoms with Crippen LogP contribution in [0.4, 0.5) is 4.39 Å². The summed E-state index contributed by atoms with van der Waals surface area (Å²) >= 11 is 0. The Hall–Kier alpha value is -2.93. The minimum absolute atomic E-state index is 0.0888. The number of carbonyl (C=O) groups excluding carboxylic acids is 1. The Bertz CT molecular complexity index is 1110. The number of rotatable bonds is 3. The lowest BCUT2D eigenvalue weighted by Gasteiger charge is -2.28. The number of aromatic nitrogens is 1. The van der Waals surface area contributed by atoms with Crippen LogP contribution in [-0.4, -0.2) is 35.0 Å². The van der Waals surface area contributed by atoms with Crippen molar-refractivity contribution < 1.29 is 13.6 Å². The predicted molar refractivity (Wildman–Crippen MR) is 101 cm³/mol. The van der Waals surface area contributed by atoms with Gasteiger partial charge < -0.3 is 14.6 Å². The molecule has 7 heteroatoms. The molecule has 2 aliphatic rings. The second kappa shape index (κ2) is 6.60. The van der Waals surface area contributed by atoms with Crippen LogP contribution in [0.2, 0.25) is 0 Å². The van der Waals surface area contributed by atoms with Gasteiger partial charge in [-0.05, 0) is 35.7 Å². The molecular formula is C21H20FN3O3. The van der Waals surface area contributed by atoms with Crippen molar-refractivity contribution in [3.05, 3.63) is 70.5 Å². The van der Waals surface area contributed by atoms with Crippen LogP contribution in [0, 0.1) is 17.7 Å².